The normalized spacial score (nSPS) is 16.0. The summed E-state index contributed by atoms with van der Waals surface area (Å²) < 4.78 is 32.1. The molecule has 0 saturated carbocycles. The molecule has 1 saturated heterocycles. The van der Waals surface area contributed by atoms with E-state index in [1.54, 1.807) is 18.2 Å². The third-order valence-electron chi connectivity index (χ3n) is 5.89. The van der Waals surface area contributed by atoms with Crippen molar-refractivity contribution in [3.05, 3.63) is 71.5 Å². The van der Waals surface area contributed by atoms with Gasteiger partial charge in [0.25, 0.3) is 0 Å². The molecule has 184 valence electrons. The molecule has 0 atom stereocenters. The lowest BCUT2D eigenvalue weighted by Crippen LogP contribution is -2.40. The van der Waals surface area contributed by atoms with Gasteiger partial charge in [-0.3, -0.25) is 4.79 Å². The van der Waals surface area contributed by atoms with Gasteiger partial charge in [-0.05, 0) is 48.7 Å². The summed E-state index contributed by atoms with van der Waals surface area (Å²) in [5.74, 6) is 0.714. The summed E-state index contributed by atoms with van der Waals surface area (Å²) in [4.78, 5) is 17.2. The van der Waals surface area contributed by atoms with Gasteiger partial charge in [-0.15, -0.1) is 0 Å². The fraction of sp³-hybridized carbons (Fsp3) is 0.346. The molecule has 0 bridgehead atoms. The van der Waals surface area contributed by atoms with Crippen LogP contribution in [0.3, 0.4) is 0 Å². The first-order chi connectivity index (χ1) is 16.6. The molecule has 1 aliphatic heterocycles. The average molecular weight is 495 g/mol. The zero-order valence-electron chi connectivity index (χ0n) is 20.1. The van der Waals surface area contributed by atoms with E-state index in [0.29, 0.717) is 43.3 Å². The van der Waals surface area contributed by atoms with Crippen LogP contribution >= 0.6 is 0 Å². The minimum absolute atomic E-state index is 0.107. The lowest BCUT2D eigenvalue weighted by molar-refractivity contribution is -0.120. The maximum atomic E-state index is 12.8. The number of anilines is 1. The number of nitrogens with one attached hydrogen (secondary N) is 1. The second-order valence-corrected chi connectivity index (χ2v) is 11.5. The summed E-state index contributed by atoms with van der Waals surface area (Å²) in [7, 11) is -3.53. The van der Waals surface area contributed by atoms with Crippen LogP contribution in [0.4, 0.5) is 5.69 Å². The maximum Gasteiger partial charge on any atom is 0.236 e. The quantitative estimate of drug-likeness (QED) is 0.533. The Kier molecular flexibility index (Phi) is 7.18. The molecule has 1 N–H and O–H groups in total. The van der Waals surface area contributed by atoms with E-state index >= 15 is 0 Å². The van der Waals surface area contributed by atoms with Gasteiger partial charge >= 0.3 is 0 Å². The third-order valence-corrected chi connectivity index (χ3v) is 7.46. The Morgan fingerprint density at radius 2 is 1.71 bits per heavy atom. The van der Waals surface area contributed by atoms with Crippen molar-refractivity contribution < 1.29 is 17.7 Å². The number of nitrogens with zero attached hydrogens (tertiary/aromatic N) is 3. The molecule has 1 amide bonds. The van der Waals surface area contributed by atoms with Crippen LogP contribution in [0.25, 0.3) is 17.5 Å². The van der Waals surface area contributed by atoms with Crippen LogP contribution in [0.1, 0.15) is 45.1 Å². The average Bonchev–Trinajstić information content (AvgIpc) is 3.35. The molecule has 0 spiro atoms. The predicted molar refractivity (Wildman–Crippen MR) is 136 cm³/mol. The van der Waals surface area contributed by atoms with Gasteiger partial charge in [-0.2, -0.15) is 9.29 Å². The first-order valence-electron chi connectivity index (χ1n) is 11.6. The molecule has 3 aromatic rings. The van der Waals surface area contributed by atoms with Crippen LogP contribution in [-0.2, 0) is 20.2 Å². The number of sulfonamides is 1. The molecule has 0 unspecified atom stereocenters. The Morgan fingerprint density at radius 3 is 2.31 bits per heavy atom. The highest BCUT2D eigenvalue weighted by molar-refractivity contribution is 7.92. The lowest BCUT2D eigenvalue weighted by atomic mass is 9.97. The van der Waals surface area contributed by atoms with E-state index in [-0.39, 0.29) is 17.2 Å². The topological polar surface area (TPSA) is 105 Å². The van der Waals surface area contributed by atoms with E-state index in [1.165, 1.54) is 9.71 Å². The monoisotopic (exact) mass is 494 g/mol. The van der Waals surface area contributed by atoms with Crippen LogP contribution in [0.5, 0.6) is 0 Å². The van der Waals surface area contributed by atoms with Gasteiger partial charge in [0.15, 0.2) is 0 Å². The van der Waals surface area contributed by atoms with E-state index < -0.39 is 10.0 Å². The first kappa shape index (κ1) is 24.8. The summed E-state index contributed by atoms with van der Waals surface area (Å²) in [5.41, 5.74) is 2.06. The zero-order valence-corrected chi connectivity index (χ0v) is 21.0. The van der Waals surface area contributed by atoms with Crippen molar-refractivity contribution in [1.29, 1.82) is 0 Å². The number of benzene rings is 2. The van der Waals surface area contributed by atoms with Gasteiger partial charge in [0, 0.05) is 41.1 Å². The third kappa shape index (κ3) is 6.23. The minimum atomic E-state index is -3.53. The van der Waals surface area contributed by atoms with Crippen LogP contribution < -0.4 is 5.32 Å². The second-order valence-electron chi connectivity index (χ2n) is 9.67. The molecular weight excluding hydrogens is 464 g/mol. The van der Waals surface area contributed by atoms with E-state index in [0.717, 1.165) is 11.1 Å². The highest BCUT2D eigenvalue weighted by Crippen LogP contribution is 2.26. The number of amides is 1. The van der Waals surface area contributed by atoms with Crippen molar-refractivity contribution in [2.45, 2.75) is 39.0 Å². The number of hydrogen-bond donors (Lipinski definition) is 1. The van der Waals surface area contributed by atoms with Gasteiger partial charge in [-0.1, -0.05) is 56.3 Å². The van der Waals surface area contributed by atoms with E-state index in [2.05, 4.69) is 15.5 Å². The number of carbonyl (C=O) groups is 1. The van der Waals surface area contributed by atoms with E-state index in [1.807, 2.05) is 63.2 Å². The first-order valence-corrected chi connectivity index (χ1v) is 13.1. The largest absolute Gasteiger partial charge is 0.338 e. The Morgan fingerprint density at radius 1 is 1.06 bits per heavy atom. The molecular formula is C26H30N4O4S. The maximum absolute atomic E-state index is 12.8. The molecule has 1 aliphatic rings. The van der Waals surface area contributed by atoms with Crippen LogP contribution in [0.2, 0.25) is 0 Å². The van der Waals surface area contributed by atoms with Crippen LogP contribution in [0.15, 0.2) is 64.5 Å². The highest BCUT2D eigenvalue weighted by atomic mass is 32.2. The number of hydrogen-bond acceptors (Lipinski definition) is 6. The fourth-order valence-electron chi connectivity index (χ4n) is 3.78. The number of aromatic nitrogens is 2. The lowest BCUT2D eigenvalue weighted by Gasteiger charge is -2.29. The molecule has 2 aromatic carbocycles. The zero-order chi connectivity index (χ0) is 25.1. The highest BCUT2D eigenvalue weighted by Gasteiger charge is 2.30. The van der Waals surface area contributed by atoms with Crippen molar-refractivity contribution in [2.75, 3.05) is 18.4 Å². The summed E-state index contributed by atoms with van der Waals surface area (Å²) in [6.45, 7) is 6.64. The Bertz CT molecular complexity index is 1290. The fourth-order valence-corrected chi connectivity index (χ4v) is 5.00. The minimum Gasteiger partial charge on any atom is -0.338 e. The van der Waals surface area contributed by atoms with Crippen molar-refractivity contribution >= 4 is 27.7 Å². The molecule has 8 nitrogen and oxygen atoms in total. The SMILES string of the molecule is CC(C)(C)c1nc(-c2ccc(NC(=O)C3CCN(S(=O)(=O)/C=C/c4ccccc4)CC3)cc2)no1. The molecule has 1 fully saturated rings. The molecule has 1 aromatic heterocycles. The van der Waals surface area contributed by atoms with Gasteiger partial charge in [0.05, 0.1) is 0 Å². The number of carbonyl (C=O) groups excluding carboxylic acids is 1. The predicted octanol–water partition coefficient (Wildman–Crippen LogP) is 4.69. The van der Waals surface area contributed by atoms with Crippen molar-refractivity contribution in [3.8, 4) is 11.4 Å². The van der Waals surface area contributed by atoms with Crippen molar-refractivity contribution in [1.82, 2.24) is 14.4 Å². The Labute approximate surface area is 206 Å². The van der Waals surface area contributed by atoms with Gasteiger partial charge in [-0.25, -0.2) is 8.42 Å². The molecule has 0 aliphatic carbocycles. The van der Waals surface area contributed by atoms with Crippen LogP contribution in [0, 0.1) is 5.92 Å². The number of piperidine rings is 1. The summed E-state index contributed by atoms with van der Waals surface area (Å²) in [6, 6.07) is 16.6. The molecule has 35 heavy (non-hydrogen) atoms. The molecule has 9 heteroatoms. The van der Waals surface area contributed by atoms with Gasteiger partial charge in [0.1, 0.15) is 0 Å². The summed E-state index contributed by atoms with van der Waals surface area (Å²) in [6.07, 6.45) is 2.54. The van der Waals surface area contributed by atoms with E-state index in [4.69, 9.17) is 4.52 Å². The summed E-state index contributed by atoms with van der Waals surface area (Å²) in [5, 5.41) is 8.21. The smallest absolute Gasteiger partial charge is 0.236 e. The van der Waals surface area contributed by atoms with Gasteiger partial charge in [0.2, 0.25) is 27.6 Å². The van der Waals surface area contributed by atoms with Crippen molar-refractivity contribution in [3.63, 3.8) is 0 Å². The van der Waals surface area contributed by atoms with Crippen LogP contribution in [-0.4, -0.2) is 41.9 Å². The summed E-state index contributed by atoms with van der Waals surface area (Å²) >= 11 is 0. The Hall–Kier alpha value is -3.30. The second kappa shape index (κ2) is 10.1. The molecule has 0 radical (unpaired) electrons. The number of rotatable bonds is 6. The standard InChI is InChI=1S/C26H30N4O4S/c1-26(2,3)25-28-23(29-34-25)20-9-11-22(12-10-20)27-24(31)21-13-16-30(17-14-21)35(32,33)18-15-19-7-5-4-6-8-19/h4-12,15,18,21H,13-14,16-17H2,1-3H3,(H,27,31)/b18-15+. The van der Waals surface area contributed by atoms with Crippen molar-refractivity contribution in [2.24, 2.45) is 5.92 Å². The van der Waals surface area contributed by atoms with E-state index in [9.17, 15) is 13.2 Å². The molecule has 4 rings (SSSR count). The van der Waals surface area contributed by atoms with Gasteiger partial charge < -0.3 is 9.84 Å². The Balaban J connectivity index is 1.31. The molecule has 2 heterocycles.